The Morgan fingerprint density at radius 3 is 1.26 bits per heavy atom. The third kappa shape index (κ3) is 6.89. The average molecular weight is 654 g/mol. The Morgan fingerprint density at radius 2 is 0.923 bits per heavy atom. The molecule has 0 fully saturated rings. The molecule has 0 saturated carbocycles. The second kappa shape index (κ2) is 11.9. The van der Waals surface area contributed by atoms with Crippen molar-refractivity contribution in [2.45, 2.75) is 0 Å². The van der Waals surface area contributed by atoms with Gasteiger partial charge in [0.15, 0.2) is 0 Å². The zero-order valence-corrected chi connectivity index (χ0v) is 22.9. The van der Waals surface area contributed by atoms with E-state index in [4.69, 9.17) is 4.74 Å². The van der Waals surface area contributed by atoms with Crippen LogP contribution in [0.1, 0.15) is 41.4 Å². The summed E-state index contributed by atoms with van der Waals surface area (Å²) in [7, 11) is 0. The fraction of sp³-hybridized carbons (Fsp3) is 0. The Balaban J connectivity index is 1.40. The van der Waals surface area contributed by atoms with E-state index in [2.05, 4.69) is 42.5 Å². The van der Waals surface area contributed by atoms with Crippen LogP contribution in [0.4, 0.5) is 11.4 Å². The minimum Gasteiger partial charge on any atom is -0.478 e. The van der Waals surface area contributed by atoms with Crippen molar-refractivity contribution in [2.75, 3.05) is 10.6 Å². The van der Waals surface area contributed by atoms with Gasteiger partial charge in [-0.15, -0.1) is 0 Å². The lowest BCUT2D eigenvalue weighted by Crippen LogP contribution is -2.15. The number of hydrogen-bond donors (Lipinski definition) is 4. The van der Waals surface area contributed by atoms with Gasteiger partial charge in [-0.05, 0) is 84.9 Å². The van der Waals surface area contributed by atoms with Gasteiger partial charge in [0.05, 0.1) is 22.5 Å². The molecule has 0 heterocycles. The molecule has 0 radical (unpaired) electrons. The first-order valence-corrected chi connectivity index (χ1v) is 12.8. The number of amides is 2. The van der Waals surface area contributed by atoms with Crippen LogP contribution in [0.3, 0.4) is 0 Å². The Morgan fingerprint density at radius 1 is 0.564 bits per heavy atom. The number of carboxylic acid groups (broad SMARTS) is 2. The van der Waals surface area contributed by atoms with Crippen molar-refractivity contribution >= 4 is 67.0 Å². The Labute approximate surface area is 238 Å². The fourth-order valence-electron chi connectivity index (χ4n) is 3.48. The molecule has 0 spiro atoms. The van der Waals surface area contributed by atoms with E-state index in [1.807, 2.05) is 0 Å². The number of carbonyl (C=O) groups is 4. The predicted molar refractivity (Wildman–Crippen MR) is 151 cm³/mol. The van der Waals surface area contributed by atoms with Gasteiger partial charge < -0.3 is 25.6 Å². The molecule has 4 rings (SSSR count). The number of rotatable bonds is 8. The van der Waals surface area contributed by atoms with E-state index < -0.39 is 23.8 Å². The second-order valence-electron chi connectivity index (χ2n) is 8.05. The summed E-state index contributed by atoms with van der Waals surface area (Å²) in [6.45, 7) is 0. The number of carboxylic acids is 2. The molecule has 0 aliphatic heterocycles. The summed E-state index contributed by atoms with van der Waals surface area (Å²) in [6.07, 6.45) is 0. The van der Waals surface area contributed by atoms with Crippen molar-refractivity contribution in [3.05, 3.63) is 116 Å². The van der Waals surface area contributed by atoms with Gasteiger partial charge >= 0.3 is 11.9 Å². The largest absolute Gasteiger partial charge is 0.478 e. The number of nitrogens with one attached hydrogen (secondary N) is 2. The Kier molecular flexibility index (Phi) is 8.43. The van der Waals surface area contributed by atoms with Crippen LogP contribution in [0.15, 0.2) is 93.9 Å². The molecule has 4 N–H and O–H groups in total. The molecular formula is C28H18Br2N2O7. The summed E-state index contributed by atoms with van der Waals surface area (Å²) in [5.41, 5.74) is 0.825. The molecule has 9 nitrogen and oxygen atoms in total. The lowest BCUT2D eigenvalue weighted by Gasteiger charge is -2.11. The van der Waals surface area contributed by atoms with E-state index in [0.717, 1.165) is 0 Å². The first-order chi connectivity index (χ1) is 18.6. The molecule has 0 atom stereocenters. The van der Waals surface area contributed by atoms with E-state index in [-0.39, 0.29) is 22.5 Å². The van der Waals surface area contributed by atoms with Crippen molar-refractivity contribution in [1.82, 2.24) is 0 Å². The van der Waals surface area contributed by atoms with Crippen LogP contribution in [0.5, 0.6) is 11.5 Å². The van der Waals surface area contributed by atoms with Crippen LogP contribution < -0.4 is 15.4 Å². The number of anilines is 2. The minimum atomic E-state index is -1.17. The molecule has 0 aromatic heterocycles. The minimum absolute atomic E-state index is 0.0472. The zero-order chi connectivity index (χ0) is 28.1. The van der Waals surface area contributed by atoms with Gasteiger partial charge in [-0.1, -0.05) is 31.9 Å². The molecule has 4 aromatic carbocycles. The molecular weight excluding hydrogens is 636 g/mol. The number of aromatic carboxylic acids is 2. The number of halogens is 2. The van der Waals surface area contributed by atoms with Crippen molar-refractivity contribution in [3.63, 3.8) is 0 Å². The molecule has 0 bridgehead atoms. The van der Waals surface area contributed by atoms with Gasteiger partial charge in [0, 0.05) is 20.1 Å². The summed E-state index contributed by atoms with van der Waals surface area (Å²) in [5, 5.41) is 23.9. The van der Waals surface area contributed by atoms with Crippen LogP contribution in [0.2, 0.25) is 0 Å². The van der Waals surface area contributed by atoms with Crippen LogP contribution in [0, 0.1) is 0 Å². The third-order valence-corrected chi connectivity index (χ3v) is 6.38. The number of benzene rings is 4. The molecule has 0 saturated heterocycles. The van der Waals surface area contributed by atoms with Gasteiger partial charge in [0.1, 0.15) is 11.5 Å². The highest BCUT2D eigenvalue weighted by Crippen LogP contribution is 2.26. The molecule has 11 heteroatoms. The van der Waals surface area contributed by atoms with E-state index >= 15 is 0 Å². The second-order valence-corrected chi connectivity index (χ2v) is 9.88. The normalized spacial score (nSPS) is 10.4. The highest BCUT2D eigenvalue weighted by atomic mass is 79.9. The highest BCUT2D eigenvalue weighted by Gasteiger charge is 2.16. The quantitative estimate of drug-likeness (QED) is 0.162. The van der Waals surface area contributed by atoms with Crippen molar-refractivity contribution < 1.29 is 34.1 Å². The highest BCUT2D eigenvalue weighted by molar-refractivity contribution is 9.10. The molecule has 2 amide bonds. The first-order valence-electron chi connectivity index (χ1n) is 11.2. The summed E-state index contributed by atoms with van der Waals surface area (Å²) < 4.78 is 6.93. The van der Waals surface area contributed by atoms with Crippen molar-refractivity contribution in [1.29, 1.82) is 0 Å². The summed E-state index contributed by atoms with van der Waals surface area (Å²) in [5.74, 6) is -2.45. The molecule has 0 unspecified atom stereocenters. The monoisotopic (exact) mass is 652 g/mol. The third-order valence-electron chi connectivity index (χ3n) is 5.39. The van der Waals surface area contributed by atoms with Crippen LogP contribution in [-0.4, -0.2) is 34.0 Å². The van der Waals surface area contributed by atoms with E-state index in [0.29, 0.717) is 31.6 Å². The van der Waals surface area contributed by atoms with Gasteiger partial charge in [-0.25, -0.2) is 9.59 Å². The van der Waals surface area contributed by atoms with Crippen molar-refractivity contribution in [3.8, 4) is 11.5 Å². The summed E-state index contributed by atoms with van der Waals surface area (Å²) in [6, 6.07) is 21.5. The first kappa shape index (κ1) is 27.6. The fourth-order valence-corrected chi connectivity index (χ4v) is 4.20. The maximum atomic E-state index is 12.6. The predicted octanol–water partition coefficient (Wildman–Crippen LogP) is 6.90. The lowest BCUT2D eigenvalue weighted by molar-refractivity contribution is 0.0686. The molecule has 196 valence electrons. The molecule has 4 aromatic rings. The molecule has 0 aliphatic rings. The van der Waals surface area contributed by atoms with E-state index in [9.17, 15) is 29.4 Å². The topological polar surface area (TPSA) is 142 Å². The zero-order valence-electron chi connectivity index (χ0n) is 19.8. The SMILES string of the molecule is O=C(Nc1ccc(Br)cc1C(=O)O)c1ccc(Oc2ccc(C(=O)Nc3ccc(Br)cc3C(=O)O)cc2)cc1. The van der Waals surface area contributed by atoms with Gasteiger partial charge in [-0.2, -0.15) is 0 Å². The maximum absolute atomic E-state index is 12.6. The van der Waals surface area contributed by atoms with Gasteiger partial charge in [0.2, 0.25) is 0 Å². The summed E-state index contributed by atoms with van der Waals surface area (Å²) in [4.78, 5) is 48.2. The van der Waals surface area contributed by atoms with Gasteiger partial charge in [0.25, 0.3) is 11.8 Å². The Hall–Kier alpha value is -4.48. The van der Waals surface area contributed by atoms with Crippen molar-refractivity contribution in [2.24, 2.45) is 0 Å². The lowest BCUT2D eigenvalue weighted by atomic mass is 10.1. The smallest absolute Gasteiger partial charge is 0.337 e. The summed E-state index contributed by atoms with van der Waals surface area (Å²) >= 11 is 6.43. The number of carbonyl (C=O) groups excluding carboxylic acids is 2. The standard InChI is InChI=1S/C28H18Br2N2O7/c29-17-5-11-23(21(13-17)27(35)36)31-25(33)15-1-7-19(8-2-15)39-20-9-3-16(4-10-20)26(34)32-24-12-6-18(30)14-22(24)28(37)38/h1-14H,(H,31,33)(H,32,34)(H,35,36)(H,37,38). The van der Waals surface area contributed by atoms with Crippen LogP contribution in [0.25, 0.3) is 0 Å². The van der Waals surface area contributed by atoms with Gasteiger partial charge in [-0.3, -0.25) is 9.59 Å². The molecule has 39 heavy (non-hydrogen) atoms. The average Bonchev–Trinajstić information content (AvgIpc) is 2.91. The number of hydrogen-bond acceptors (Lipinski definition) is 5. The molecule has 0 aliphatic carbocycles. The van der Waals surface area contributed by atoms with E-state index in [1.165, 1.54) is 48.5 Å². The van der Waals surface area contributed by atoms with Crippen LogP contribution in [-0.2, 0) is 0 Å². The Bertz CT molecular complexity index is 1470. The maximum Gasteiger partial charge on any atom is 0.337 e. The van der Waals surface area contributed by atoms with Crippen LogP contribution >= 0.6 is 31.9 Å². The van der Waals surface area contributed by atoms with E-state index in [1.54, 1.807) is 36.4 Å². The number of ether oxygens (including phenoxy) is 1.